The van der Waals surface area contributed by atoms with E-state index in [1.807, 2.05) is 18.2 Å². The molecule has 1 heterocycles. The van der Waals surface area contributed by atoms with Crippen molar-refractivity contribution in [1.29, 1.82) is 0 Å². The average molecular weight is 267 g/mol. The molecule has 1 aromatic heterocycles. The minimum absolute atomic E-state index is 0.0423. The third-order valence-corrected chi connectivity index (χ3v) is 2.82. The Morgan fingerprint density at radius 2 is 2.27 bits per heavy atom. The molecule has 4 heteroatoms. The number of nitrogens with one attached hydrogen (secondary N) is 1. The molecule has 0 aliphatic carbocycles. The highest BCUT2D eigenvalue weighted by atomic mass is 79.9. The maximum Gasteiger partial charge on any atom is 0.181 e. The molecule has 3 nitrogen and oxygen atoms in total. The molecule has 1 atom stereocenters. The summed E-state index contributed by atoms with van der Waals surface area (Å²) in [5.74, 6) is -0.0423. The molecule has 0 radical (unpaired) electrons. The molecule has 0 fully saturated rings. The van der Waals surface area contributed by atoms with Crippen LogP contribution in [0.15, 0.2) is 28.9 Å². The lowest BCUT2D eigenvalue weighted by atomic mass is 10.1. The number of carbonyl (C=O) groups is 1. The number of benzene rings is 1. The van der Waals surface area contributed by atoms with Crippen LogP contribution in [0.5, 0.6) is 0 Å². The van der Waals surface area contributed by atoms with E-state index in [9.17, 15) is 4.79 Å². The van der Waals surface area contributed by atoms with E-state index in [1.165, 1.54) is 0 Å². The van der Waals surface area contributed by atoms with E-state index in [0.717, 1.165) is 15.4 Å². The molecule has 0 bridgehead atoms. The zero-order valence-corrected chi connectivity index (χ0v) is 9.84. The average Bonchev–Trinajstić information content (AvgIpc) is 2.59. The summed E-state index contributed by atoms with van der Waals surface area (Å²) in [6.45, 7) is 1.69. The fourth-order valence-corrected chi connectivity index (χ4v) is 1.90. The summed E-state index contributed by atoms with van der Waals surface area (Å²) in [5, 5.41) is 0.909. The van der Waals surface area contributed by atoms with E-state index in [-0.39, 0.29) is 5.78 Å². The van der Waals surface area contributed by atoms with Crippen molar-refractivity contribution in [3.8, 4) is 0 Å². The molecule has 3 N–H and O–H groups in total. The van der Waals surface area contributed by atoms with Crippen molar-refractivity contribution >= 4 is 32.6 Å². The van der Waals surface area contributed by atoms with Crippen molar-refractivity contribution in [2.75, 3.05) is 0 Å². The Morgan fingerprint density at radius 3 is 2.93 bits per heavy atom. The highest BCUT2D eigenvalue weighted by Gasteiger charge is 2.15. The number of fused-ring (bicyclic) bond motifs is 1. The molecular weight excluding hydrogens is 256 g/mol. The summed E-state index contributed by atoms with van der Waals surface area (Å²) in [7, 11) is 0. The predicted octanol–water partition coefficient (Wildman–Crippen LogP) is 2.46. The van der Waals surface area contributed by atoms with E-state index in [1.54, 1.807) is 13.1 Å². The lowest BCUT2D eigenvalue weighted by Crippen LogP contribution is -2.26. The summed E-state index contributed by atoms with van der Waals surface area (Å²) in [4.78, 5) is 14.8. The fraction of sp³-hybridized carbons (Fsp3) is 0.182. The van der Waals surface area contributed by atoms with Crippen molar-refractivity contribution in [2.45, 2.75) is 13.0 Å². The maximum absolute atomic E-state index is 11.8. The molecule has 0 saturated carbocycles. The minimum Gasteiger partial charge on any atom is -0.360 e. The van der Waals surface area contributed by atoms with Crippen LogP contribution in [0.1, 0.15) is 17.3 Å². The first kappa shape index (κ1) is 10.4. The van der Waals surface area contributed by atoms with Gasteiger partial charge in [0, 0.05) is 27.1 Å². The normalized spacial score (nSPS) is 13.0. The van der Waals surface area contributed by atoms with Gasteiger partial charge in [-0.15, -0.1) is 0 Å². The molecule has 1 aromatic carbocycles. The van der Waals surface area contributed by atoms with Gasteiger partial charge in [0.2, 0.25) is 0 Å². The van der Waals surface area contributed by atoms with Crippen molar-refractivity contribution in [3.05, 3.63) is 34.4 Å². The number of Topliss-reactive ketones (excluding diaryl/α,β-unsaturated/α-hetero) is 1. The maximum atomic E-state index is 11.8. The molecule has 0 saturated heterocycles. The summed E-state index contributed by atoms with van der Waals surface area (Å²) in [6.07, 6.45) is 1.71. The Labute approximate surface area is 95.8 Å². The van der Waals surface area contributed by atoms with Gasteiger partial charge in [0.25, 0.3) is 0 Å². The Kier molecular flexibility index (Phi) is 2.63. The Morgan fingerprint density at radius 1 is 1.53 bits per heavy atom. The Bertz CT molecular complexity index is 516. The molecule has 0 aliphatic rings. The van der Waals surface area contributed by atoms with Gasteiger partial charge in [-0.2, -0.15) is 0 Å². The number of hydrogen-bond donors (Lipinski definition) is 2. The zero-order valence-electron chi connectivity index (χ0n) is 8.25. The largest absolute Gasteiger partial charge is 0.360 e. The van der Waals surface area contributed by atoms with Crippen LogP contribution in [-0.2, 0) is 0 Å². The summed E-state index contributed by atoms with van der Waals surface area (Å²) in [5.41, 5.74) is 7.18. The zero-order chi connectivity index (χ0) is 11.0. The summed E-state index contributed by atoms with van der Waals surface area (Å²) < 4.78 is 0.952. The number of hydrogen-bond acceptors (Lipinski definition) is 2. The number of halogens is 1. The van der Waals surface area contributed by atoms with Gasteiger partial charge in [0.05, 0.1) is 6.04 Å². The third-order valence-electron chi connectivity index (χ3n) is 2.32. The molecule has 2 rings (SSSR count). The van der Waals surface area contributed by atoms with Crippen LogP contribution in [0, 0.1) is 0 Å². The number of aromatic nitrogens is 1. The fourth-order valence-electron chi connectivity index (χ4n) is 1.54. The van der Waals surface area contributed by atoms with Gasteiger partial charge >= 0.3 is 0 Å². The second-order valence-corrected chi connectivity index (χ2v) is 4.46. The summed E-state index contributed by atoms with van der Waals surface area (Å²) >= 11 is 3.38. The molecule has 78 valence electrons. The van der Waals surface area contributed by atoms with Gasteiger partial charge < -0.3 is 10.7 Å². The van der Waals surface area contributed by atoms with Crippen LogP contribution < -0.4 is 5.73 Å². The van der Waals surface area contributed by atoms with Gasteiger partial charge in [0.15, 0.2) is 5.78 Å². The molecule has 0 aliphatic heterocycles. The van der Waals surface area contributed by atoms with Gasteiger partial charge in [-0.3, -0.25) is 4.79 Å². The predicted molar refractivity (Wildman–Crippen MR) is 64.0 cm³/mol. The smallest absolute Gasteiger partial charge is 0.181 e. The van der Waals surface area contributed by atoms with E-state index >= 15 is 0 Å². The number of rotatable bonds is 2. The first-order valence-corrected chi connectivity index (χ1v) is 5.45. The Balaban J connectivity index is 2.62. The van der Waals surface area contributed by atoms with E-state index in [0.29, 0.717) is 5.56 Å². The second kappa shape index (κ2) is 3.79. The highest BCUT2D eigenvalue weighted by Crippen LogP contribution is 2.23. The van der Waals surface area contributed by atoms with E-state index in [2.05, 4.69) is 20.9 Å². The quantitative estimate of drug-likeness (QED) is 0.821. The van der Waals surface area contributed by atoms with Crippen molar-refractivity contribution in [1.82, 2.24) is 4.98 Å². The van der Waals surface area contributed by atoms with Gasteiger partial charge in [-0.05, 0) is 25.1 Å². The third kappa shape index (κ3) is 1.82. The van der Waals surface area contributed by atoms with E-state index in [4.69, 9.17) is 5.73 Å². The number of carbonyl (C=O) groups excluding carboxylic acids is 1. The van der Waals surface area contributed by atoms with Gasteiger partial charge in [-0.25, -0.2) is 0 Å². The first-order valence-electron chi connectivity index (χ1n) is 4.66. The molecule has 1 unspecified atom stereocenters. The standard InChI is InChI=1S/C11H11BrN2O/c1-6(13)11(15)9-5-14-10-3-2-7(12)4-8(9)10/h2-6,14H,13H2,1H3. The van der Waals surface area contributed by atoms with Crippen molar-refractivity contribution < 1.29 is 4.79 Å². The number of aromatic amines is 1. The second-order valence-electron chi connectivity index (χ2n) is 3.55. The van der Waals surface area contributed by atoms with Crippen LogP contribution in [-0.4, -0.2) is 16.8 Å². The highest BCUT2D eigenvalue weighted by molar-refractivity contribution is 9.10. The SMILES string of the molecule is CC(N)C(=O)c1c[nH]c2ccc(Br)cc12. The Hall–Kier alpha value is -1.13. The first-order chi connectivity index (χ1) is 7.09. The molecule has 0 spiro atoms. The summed E-state index contributed by atoms with van der Waals surface area (Å²) in [6, 6.07) is 5.31. The van der Waals surface area contributed by atoms with Crippen LogP contribution >= 0.6 is 15.9 Å². The van der Waals surface area contributed by atoms with Crippen molar-refractivity contribution in [2.24, 2.45) is 5.73 Å². The van der Waals surface area contributed by atoms with Crippen molar-refractivity contribution in [3.63, 3.8) is 0 Å². The number of ketones is 1. The molecule has 0 amide bonds. The van der Waals surface area contributed by atoms with Crippen LogP contribution in [0.25, 0.3) is 10.9 Å². The minimum atomic E-state index is -0.469. The van der Waals surface area contributed by atoms with Gasteiger partial charge in [0.1, 0.15) is 0 Å². The molecule has 2 aromatic rings. The topological polar surface area (TPSA) is 58.9 Å². The van der Waals surface area contributed by atoms with E-state index < -0.39 is 6.04 Å². The molecule has 15 heavy (non-hydrogen) atoms. The van der Waals surface area contributed by atoms with Crippen LogP contribution in [0.2, 0.25) is 0 Å². The number of nitrogens with two attached hydrogens (primary N) is 1. The monoisotopic (exact) mass is 266 g/mol. The lowest BCUT2D eigenvalue weighted by molar-refractivity contribution is 0.0969. The lowest BCUT2D eigenvalue weighted by Gasteiger charge is -2.02. The van der Waals surface area contributed by atoms with Crippen LogP contribution in [0.3, 0.4) is 0 Å². The number of H-pyrrole nitrogens is 1. The van der Waals surface area contributed by atoms with Crippen LogP contribution in [0.4, 0.5) is 0 Å². The molecular formula is C11H11BrN2O. The van der Waals surface area contributed by atoms with Gasteiger partial charge in [-0.1, -0.05) is 15.9 Å².